The molecule has 1 amide bonds. The number of nitrogens with zero attached hydrogens (tertiary/aromatic N) is 5. The molecule has 1 saturated carbocycles. The van der Waals surface area contributed by atoms with Crippen LogP contribution in [0.5, 0.6) is 0 Å². The molecule has 5 rings (SSSR count). The number of amides is 1. The zero-order chi connectivity index (χ0) is 50.6. The lowest BCUT2D eigenvalue weighted by atomic mass is 9.77. The number of aromatic nitrogens is 4. The summed E-state index contributed by atoms with van der Waals surface area (Å²) in [6, 6.07) is -1.19. The highest BCUT2D eigenvalue weighted by Gasteiger charge is 2.53. The molecule has 0 aromatic carbocycles. The summed E-state index contributed by atoms with van der Waals surface area (Å²) >= 11 is 0. The van der Waals surface area contributed by atoms with E-state index in [2.05, 4.69) is 15.5 Å². The first-order chi connectivity index (χ1) is 32.8. The number of allylic oxidation sites excluding steroid dienone is 6. The van der Waals surface area contributed by atoms with Gasteiger partial charge in [0.2, 0.25) is 5.79 Å². The minimum Gasteiger partial charge on any atom is -0.460 e. The predicted molar refractivity (Wildman–Crippen MR) is 256 cm³/mol. The number of Topliss-reactive ketones (excluding diaryl/α,β-unsaturated/α-hetero) is 3. The van der Waals surface area contributed by atoms with E-state index in [9.17, 15) is 34.2 Å². The normalized spacial score (nSPS) is 38.8. The lowest BCUT2D eigenvalue weighted by Crippen LogP contribution is -2.61. The Balaban J connectivity index is 1.46. The zero-order valence-electron chi connectivity index (χ0n) is 42.5. The molecule has 3 fully saturated rings. The standard InChI is InChI=1S/C52H79N5O12/c1-31-16-12-11-13-17-32(2)43(65-8)28-39-21-19-37(7)52(64,69-39)49(61)50(62)56-23-15-14-18-41(56)51(63)68-44(34(4)26-38-20-22-40(45(27-38)66-9)57-30-53-54-55-57)29-42(58)33(3)25-36(6)47(60)48(67-10)46(59)35(5)24-31/h11-13,16-17,25,30-31,33-35,37-41,43-45,47-48,60,64H,14-15,18-24,26-29H2,1-10H3/b13-11+,16-12+,32-17+,36-25+/t31-,33-,34-,35?,37-,38?,39+,40+,41?,43+,44+,45?,47-,48?,52-/m1/s1. The number of carbonyl (C=O) groups excluding carboxylic acids is 5. The molecule has 69 heavy (non-hydrogen) atoms. The molecule has 15 atom stereocenters. The fourth-order valence-corrected chi connectivity index (χ4v) is 10.7. The highest BCUT2D eigenvalue weighted by Crippen LogP contribution is 2.39. The number of rotatable bonds is 7. The van der Waals surface area contributed by atoms with E-state index in [1.165, 1.54) is 12.0 Å². The van der Waals surface area contributed by atoms with Crippen LogP contribution in [0.15, 0.2) is 53.9 Å². The monoisotopic (exact) mass is 966 g/mol. The van der Waals surface area contributed by atoms with Crippen molar-refractivity contribution in [1.82, 2.24) is 25.1 Å². The van der Waals surface area contributed by atoms with Crippen LogP contribution in [0, 0.1) is 35.5 Å². The largest absolute Gasteiger partial charge is 0.460 e. The van der Waals surface area contributed by atoms with Crippen LogP contribution in [0.2, 0.25) is 0 Å². The van der Waals surface area contributed by atoms with Gasteiger partial charge in [-0.05, 0) is 117 Å². The number of aliphatic hydroxyl groups excluding tert-OH is 1. The van der Waals surface area contributed by atoms with Gasteiger partial charge in [-0.1, -0.05) is 71.1 Å². The minimum atomic E-state index is -2.43. The van der Waals surface area contributed by atoms with Gasteiger partial charge in [0, 0.05) is 58.5 Å². The first kappa shape index (κ1) is 55.7. The molecule has 17 heteroatoms. The summed E-state index contributed by atoms with van der Waals surface area (Å²) in [5.74, 6) is -7.92. The first-order valence-corrected chi connectivity index (χ1v) is 25.0. The van der Waals surface area contributed by atoms with Crippen LogP contribution >= 0.6 is 0 Å². The van der Waals surface area contributed by atoms with Crippen LogP contribution in [0.4, 0.5) is 0 Å². The third-order valence-electron chi connectivity index (χ3n) is 15.2. The van der Waals surface area contributed by atoms with Gasteiger partial charge in [0.05, 0.1) is 24.4 Å². The van der Waals surface area contributed by atoms with Gasteiger partial charge in [0.1, 0.15) is 36.5 Å². The Bertz CT molecular complexity index is 2020. The summed E-state index contributed by atoms with van der Waals surface area (Å²) in [5.41, 5.74) is 1.27. The maximum Gasteiger partial charge on any atom is 0.329 e. The fraction of sp³-hybridized carbons (Fsp3) is 0.731. The van der Waals surface area contributed by atoms with Gasteiger partial charge < -0.3 is 38.8 Å². The minimum absolute atomic E-state index is 0.0170. The molecule has 1 aromatic heterocycles. The maximum atomic E-state index is 14.5. The number of hydrogen-bond donors (Lipinski definition) is 2. The van der Waals surface area contributed by atoms with Crippen molar-refractivity contribution >= 4 is 29.2 Å². The van der Waals surface area contributed by atoms with Crippen molar-refractivity contribution in [2.45, 2.75) is 180 Å². The van der Waals surface area contributed by atoms with Crippen LogP contribution in [0.3, 0.4) is 0 Å². The van der Waals surface area contributed by atoms with E-state index >= 15 is 0 Å². The molecular weight excluding hydrogens is 887 g/mol. The van der Waals surface area contributed by atoms with Crippen molar-refractivity contribution in [1.29, 1.82) is 0 Å². The van der Waals surface area contributed by atoms with E-state index in [4.69, 9.17) is 23.7 Å². The van der Waals surface area contributed by atoms with E-state index in [1.54, 1.807) is 52.1 Å². The summed E-state index contributed by atoms with van der Waals surface area (Å²) in [4.78, 5) is 72.3. The number of carbonyl (C=O) groups is 5. The van der Waals surface area contributed by atoms with E-state index in [-0.39, 0.29) is 60.9 Å². The van der Waals surface area contributed by atoms with Gasteiger partial charge in [-0.25, -0.2) is 9.48 Å². The molecule has 0 spiro atoms. The van der Waals surface area contributed by atoms with Crippen LogP contribution in [-0.4, -0.2) is 141 Å². The van der Waals surface area contributed by atoms with E-state index in [0.29, 0.717) is 56.9 Å². The zero-order valence-corrected chi connectivity index (χ0v) is 42.5. The Kier molecular flexibility index (Phi) is 20.8. The lowest BCUT2D eigenvalue weighted by molar-refractivity contribution is -0.265. The summed E-state index contributed by atoms with van der Waals surface area (Å²) in [6.45, 7) is 12.8. The third kappa shape index (κ3) is 14.2. The van der Waals surface area contributed by atoms with Crippen LogP contribution in [-0.2, 0) is 47.7 Å². The molecule has 4 heterocycles. The molecule has 5 unspecified atom stereocenters. The average molecular weight is 966 g/mol. The van der Waals surface area contributed by atoms with Crippen LogP contribution in [0.25, 0.3) is 0 Å². The number of aliphatic hydroxyl groups is 2. The molecule has 2 bridgehead atoms. The second kappa shape index (κ2) is 25.7. The molecule has 384 valence electrons. The Morgan fingerprint density at radius 2 is 1.64 bits per heavy atom. The van der Waals surface area contributed by atoms with Gasteiger partial charge >= 0.3 is 5.97 Å². The first-order valence-electron chi connectivity index (χ1n) is 25.0. The summed E-state index contributed by atoms with van der Waals surface area (Å²) in [6.07, 6.45) is 13.9. The summed E-state index contributed by atoms with van der Waals surface area (Å²) in [5, 5.41) is 35.2. The molecule has 0 radical (unpaired) electrons. The lowest BCUT2D eigenvalue weighted by Gasteiger charge is -2.42. The van der Waals surface area contributed by atoms with E-state index in [1.807, 2.05) is 58.1 Å². The Hall–Kier alpha value is -4.26. The second-order valence-corrected chi connectivity index (χ2v) is 20.4. The smallest absolute Gasteiger partial charge is 0.329 e. The van der Waals surface area contributed by atoms with Crippen molar-refractivity contribution in [3.63, 3.8) is 0 Å². The molecule has 1 aliphatic carbocycles. The number of ether oxygens (including phenoxy) is 5. The second-order valence-electron chi connectivity index (χ2n) is 20.4. The van der Waals surface area contributed by atoms with Crippen molar-refractivity contribution in [3.05, 3.63) is 53.9 Å². The van der Waals surface area contributed by atoms with Gasteiger partial charge in [0.25, 0.3) is 11.7 Å². The number of methoxy groups -OCH3 is 3. The van der Waals surface area contributed by atoms with Crippen LogP contribution < -0.4 is 0 Å². The fourth-order valence-electron chi connectivity index (χ4n) is 10.7. The van der Waals surface area contributed by atoms with Crippen molar-refractivity contribution in [3.8, 4) is 0 Å². The quantitative estimate of drug-likeness (QED) is 0.181. The average Bonchev–Trinajstić information content (AvgIpc) is 3.88. The summed E-state index contributed by atoms with van der Waals surface area (Å²) in [7, 11) is 4.62. The Morgan fingerprint density at radius 1 is 0.884 bits per heavy atom. The third-order valence-corrected chi connectivity index (χ3v) is 15.2. The predicted octanol–water partition coefficient (Wildman–Crippen LogP) is 6.05. The number of tetrazole rings is 1. The SMILES string of the molecule is COC1C(=O)C(C)C[C@H](C)/C=C/C=C/C=C(\C)[C@@H](OC)C[C@@H]2CC[C@@H](C)[C@@](O)(O2)C(=O)C(=O)N2CCCCC2C(=O)O[C@H]([C@H](C)CC2CC[C@H](n3cnnn3)C(OC)C2)CC(=O)[C@H](C)/C=C(\C)[C@H]1O. The Labute approximate surface area is 408 Å². The number of piperidine rings is 1. The van der Waals surface area contributed by atoms with Gasteiger partial charge in [0.15, 0.2) is 5.78 Å². The number of fused-ring (bicyclic) bond motifs is 3. The molecule has 1 aromatic rings. The molecule has 4 aliphatic rings. The van der Waals surface area contributed by atoms with E-state index < -0.39 is 77.8 Å². The molecule has 3 aliphatic heterocycles. The maximum absolute atomic E-state index is 14.5. The number of cyclic esters (lactones) is 1. The number of hydrogen-bond acceptors (Lipinski definition) is 15. The Morgan fingerprint density at radius 3 is 2.32 bits per heavy atom. The van der Waals surface area contributed by atoms with Crippen molar-refractivity contribution < 1.29 is 57.9 Å². The number of esters is 1. The molecule has 2 saturated heterocycles. The highest BCUT2D eigenvalue weighted by atomic mass is 16.6. The van der Waals surface area contributed by atoms with Gasteiger partial charge in [-0.15, -0.1) is 5.10 Å². The molecule has 17 nitrogen and oxygen atoms in total. The van der Waals surface area contributed by atoms with Gasteiger partial charge in [-0.3, -0.25) is 19.2 Å². The molecular formula is C52H79N5O12. The van der Waals surface area contributed by atoms with Crippen molar-refractivity contribution in [2.24, 2.45) is 35.5 Å². The molecule has 2 N–H and O–H groups in total. The van der Waals surface area contributed by atoms with E-state index in [0.717, 1.165) is 18.4 Å². The van der Waals surface area contributed by atoms with Crippen LogP contribution in [0.1, 0.15) is 132 Å². The summed E-state index contributed by atoms with van der Waals surface area (Å²) < 4.78 is 31.6. The van der Waals surface area contributed by atoms with Crippen molar-refractivity contribution in [2.75, 3.05) is 27.9 Å². The topological polar surface area (TPSA) is 219 Å². The highest BCUT2D eigenvalue weighted by molar-refractivity contribution is 6.39. The van der Waals surface area contributed by atoms with Gasteiger partial charge in [-0.2, -0.15) is 0 Å². The number of ketones is 3.